The molecule has 0 saturated carbocycles. The van der Waals surface area contributed by atoms with Gasteiger partial charge in [-0.3, -0.25) is 5.10 Å². The van der Waals surface area contributed by atoms with Crippen LogP contribution in [-0.2, 0) is 0 Å². The van der Waals surface area contributed by atoms with Crippen LogP contribution in [-0.4, -0.2) is 23.9 Å². The van der Waals surface area contributed by atoms with Crippen LogP contribution in [0.2, 0.25) is 0 Å². The summed E-state index contributed by atoms with van der Waals surface area (Å²) in [5.74, 6) is 1.49. The third-order valence-corrected chi connectivity index (χ3v) is 5.47. The average Bonchev–Trinajstić information content (AvgIpc) is 3.36. The van der Waals surface area contributed by atoms with E-state index in [0.717, 1.165) is 21.8 Å². The zero-order valence-corrected chi connectivity index (χ0v) is 16.2. The van der Waals surface area contributed by atoms with Crippen LogP contribution in [0.15, 0.2) is 56.6 Å². The molecule has 3 aromatic rings. The van der Waals surface area contributed by atoms with Crippen LogP contribution in [0.5, 0.6) is 11.5 Å². The molecule has 1 aliphatic rings. The number of ether oxygens (including phenoxy) is 2. The Morgan fingerprint density at radius 3 is 2.89 bits per heavy atom. The number of hydrogen-bond acceptors (Lipinski definition) is 7. The lowest BCUT2D eigenvalue weighted by Gasteiger charge is -2.24. The van der Waals surface area contributed by atoms with Crippen LogP contribution >= 0.6 is 11.8 Å². The van der Waals surface area contributed by atoms with E-state index in [9.17, 15) is 5.26 Å². The van der Waals surface area contributed by atoms with Gasteiger partial charge in [0.1, 0.15) is 10.7 Å². The predicted molar refractivity (Wildman–Crippen MR) is 105 cm³/mol. The van der Waals surface area contributed by atoms with Gasteiger partial charge in [0.05, 0.1) is 42.6 Å². The monoisotopic (exact) mass is 394 g/mol. The van der Waals surface area contributed by atoms with Crippen molar-refractivity contribution in [3.8, 4) is 29.0 Å². The number of H-pyrrole nitrogens is 1. The van der Waals surface area contributed by atoms with Gasteiger partial charge in [0.25, 0.3) is 0 Å². The summed E-state index contributed by atoms with van der Waals surface area (Å²) in [7, 11) is 1.59. The van der Waals surface area contributed by atoms with Crippen LogP contribution in [0, 0.1) is 11.3 Å². The van der Waals surface area contributed by atoms with Crippen LogP contribution in [0.4, 0.5) is 0 Å². The fourth-order valence-electron chi connectivity index (χ4n) is 3.33. The quantitative estimate of drug-likeness (QED) is 0.673. The van der Waals surface area contributed by atoms with Crippen molar-refractivity contribution in [1.29, 1.82) is 5.26 Å². The lowest BCUT2D eigenvalue weighted by Crippen LogP contribution is -2.14. The Morgan fingerprint density at radius 1 is 1.36 bits per heavy atom. The van der Waals surface area contributed by atoms with Gasteiger partial charge in [0, 0.05) is 5.56 Å². The number of hydrogen-bond donors (Lipinski definition) is 2. The second kappa shape index (κ2) is 7.37. The Kier molecular flexibility index (Phi) is 4.75. The minimum absolute atomic E-state index is 0.398. The zero-order valence-electron chi connectivity index (χ0n) is 15.4. The van der Waals surface area contributed by atoms with E-state index in [-0.39, 0.29) is 0 Å². The molecule has 3 N–H and O–H groups in total. The first-order valence-corrected chi connectivity index (χ1v) is 9.50. The molecule has 1 aromatic carbocycles. The van der Waals surface area contributed by atoms with Gasteiger partial charge in [0.2, 0.25) is 0 Å². The maximum Gasteiger partial charge on any atom is 0.161 e. The highest BCUT2D eigenvalue weighted by molar-refractivity contribution is 8.03. The second-order valence-electron chi connectivity index (χ2n) is 6.06. The highest BCUT2D eigenvalue weighted by Crippen LogP contribution is 2.49. The standard InChI is InChI=1S/C20H18N4O3S/c1-3-26-15-9-11(6-7-13(15)25-2)16-12(10-21)19(22)28-20-17(16)18(23-24-20)14-5-4-8-27-14/h4-9,16H,3,22H2,1-2H3,(H,23,24)/t16-/m0/s1. The van der Waals surface area contributed by atoms with Crippen molar-refractivity contribution in [2.75, 3.05) is 13.7 Å². The van der Waals surface area contributed by atoms with Gasteiger partial charge >= 0.3 is 0 Å². The van der Waals surface area contributed by atoms with Crippen molar-refractivity contribution >= 4 is 11.8 Å². The Bertz CT molecular complexity index is 1080. The van der Waals surface area contributed by atoms with Crippen molar-refractivity contribution in [2.24, 2.45) is 5.73 Å². The smallest absolute Gasteiger partial charge is 0.161 e. The molecule has 0 bridgehead atoms. The van der Waals surface area contributed by atoms with E-state index < -0.39 is 5.92 Å². The van der Waals surface area contributed by atoms with Crippen molar-refractivity contribution in [3.05, 3.63) is 58.3 Å². The highest BCUT2D eigenvalue weighted by atomic mass is 32.2. The minimum atomic E-state index is -0.398. The summed E-state index contributed by atoms with van der Waals surface area (Å²) in [5.41, 5.74) is 9.12. The molecule has 0 fully saturated rings. The maximum atomic E-state index is 9.84. The molecule has 0 radical (unpaired) electrons. The number of allylic oxidation sites excluding steroid dienone is 1. The first-order chi connectivity index (χ1) is 13.7. The lowest BCUT2D eigenvalue weighted by atomic mass is 9.85. The molecule has 2 aromatic heterocycles. The molecule has 0 saturated heterocycles. The number of thioether (sulfide) groups is 1. The Hall–Kier alpha value is -3.31. The van der Waals surface area contributed by atoms with Gasteiger partial charge in [-0.1, -0.05) is 6.07 Å². The first-order valence-electron chi connectivity index (χ1n) is 8.68. The molecule has 4 rings (SSSR count). The van der Waals surface area contributed by atoms with E-state index in [0.29, 0.717) is 34.5 Å². The van der Waals surface area contributed by atoms with Gasteiger partial charge in [-0.05, 0) is 48.5 Å². The zero-order chi connectivity index (χ0) is 19.7. The van der Waals surface area contributed by atoms with E-state index in [1.807, 2.05) is 37.3 Å². The molecule has 3 heterocycles. The number of methoxy groups -OCH3 is 1. The fraction of sp³-hybridized carbons (Fsp3) is 0.200. The maximum absolute atomic E-state index is 9.84. The summed E-state index contributed by atoms with van der Waals surface area (Å²) in [4.78, 5) is 0. The SMILES string of the molecule is CCOc1cc([C@H]2C(C#N)=C(N)Sc3n[nH]c(-c4ccco4)c32)ccc1OC. The summed E-state index contributed by atoms with van der Waals surface area (Å²) in [6.07, 6.45) is 1.60. The molecule has 8 heteroatoms. The molecule has 1 aliphatic heterocycles. The molecular formula is C20H18N4O3S. The fourth-order valence-corrected chi connectivity index (χ4v) is 4.23. The summed E-state index contributed by atoms with van der Waals surface area (Å²) >= 11 is 1.28. The van der Waals surface area contributed by atoms with E-state index in [2.05, 4.69) is 16.3 Å². The topological polar surface area (TPSA) is 110 Å². The Morgan fingerprint density at radius 2 is 2.21 bits per heavy atom. The van der Waals surface area contributed by atoms with E-state index in [4.69, 9.17) is 19.6 Å². The van der Waals surface area contributed by atoms with E-state index in [1.54, 1.807) is 13.4 Å². The molecule has 7 nitrogen and oxygen atoms in total. The number of nitriles is 1. The summed E-state index contributed by atoms with van der Waals surface area (Å²) in [6.45, 7) is 2.41. The molecule has 28 heavy (non-hydrogen) atoms. The van der Waals surface area contributed by atoms with Gasteiger partial charge in [-0.2, -0.15) is 10.4 Å². The molecule has 0 spiro atoms. The predicted octanol–water partition coefficient (Wildman–Crippen LogP) is 4.01. The number of benzene rings is 1. The minimum Gasteiger partial charge on any atom is -0.493 e. The van der Waals surface area contributed by atoms with Crippen LogP contribution in [0.3, 0.4) is 0 Å². The number of aromatic nitrogens is 2. The number of nitrogens with one attached hydrogen (secondary N) is 1. The molecular weight excluding hydrogens is 376 g/mol. The number of nitrogens with zero attached hydrogens (tertiary/aromatic N) is 2. The Labute approximate surface area is 166 Å². The molecule has 142 valence electrons. The highest BCUT2D eigenvalue weighted by Gasteiger charge is 2.35. The van der Waals surface area contributed by atoms with E-state index in [1.165, 1.54) is 11.8 Å². The summed E-state index contributed by atoms with van der Waals surface area (Å²) in [6, 6.07) is 11.6. The van der Waals surface area contributed by atoms with Gasteiger partial charge in [0.15, 0.2) is 17.3 Å². The van der Waals surface area contributed by atoms with Crippen molar-refractivity contribution in [2.45, 2.75) is 17.9 Å². The molecule has 1 atom stereocenters. The largest absolute Gasteiger partial charge is 0.493 e. The summed E-state index contributed by atoms with van der Waals surface area (Å²) < 4.78 is 16.7. The number of nitrogens with two attached hydrogens (primary N) is 1. The van der Waals surface area contributed by atoms with Crippen LogP contribution in [0.25, 0.3) is 11.5 Å². The third kappa shape index (κ3) is 2.90. The lowest BCUT2D eigenvalue weighted by molar-refractivity contribution is 0.310. The van der Waals surface area contributed by atoms with Gasteiger partial charge < -0.3 is 19.6 Å². The number of fused-ring (bicyclic) bond motifs is 1. The van der Waals surface area contributed by atoms with Gasteiger partial charge in [-0.25, -0.2) is 0 Å². The van der Waals surface area contributed by atoms with Crippen LogP contribution in [0.1, 0.15) is 24.0 Å². The number of aromatic amines is 1. The van der Waals surface area contributed by atoms with E-state index >= 15 is 0 Å². The first kappa shape index (κ1) is 18.1. The molecule has 0 unspecified atom stereocenters. The summed E-state index contributed by atoms with van der Waals surface area (Å²) in [5, 5.41) is 18.4. The Balaban J connectivity index is 1.92. The second-order valence-corrected chi connectivity index (χ2v) is 7.09. The van der Waals surface area contributed by atoms with Crippen molar-refractivity contribution in [1.82, 2.24) is 10.2 Å². The van der Waals surface area contributed by atoms with Crippen molar-refractivity contribution in [3.63, 3.8) is 0 Å². The van der Waals surface area contributed by atoms with Gasteiger partial charge in [-0.15, -0.1) is 0 Å². The normalized spacial score (nSPS) is 15.8. The average molecular weight is 394 g/mol. The van der Waals surface area contributed by atoms with Crippen molar-refractivity contribution < 1.29 is 13.9 Å². The number of furan rings is 1. The molecule has 0 amide bonds. The third-order valence-electron chi connectivity index (χ3n) is 4.53. The molecule has 0 aliphatic carbocycles. The van der Waals surface area contributed by atoms with Crippen LogP contribution < -0.4 is 15.2 Å². The number of rotatable bonds is 5.